The second-order valence-corrected chi connectivity index (χ2v) is 4.85. The molecule has 0 aliphatic carbocycles. The highest BCUT2D eigenvalue weighted by Crippen LogP contribution is 2.36. The van der Waals surface area contributed by atoms with Gasteiger partial charge in [-0.1, -0.05) is 61.5 Å². The van der Waals surface area contributed by atoms with Gasteiger partial charge in [0, 0.05) is 11.5 Å². The monoisotopic (exact) mass is 260 g/mol. The van der Waals surface area contributed by atoms with Gasteiger partial charge in [0.1, 0.15) is 12.4 Å². The van der Waals surface area contributed by atoms with E-state index in [1.165, 1.54) is 11.1 Å². The molecular weight excluding hydrogens is 244 g/mol. The van der Waals surface area contributed by atoms with Crippen LogP contribution in [-0.2, 0) is 11.3 Å². The first-order valence-electron chi connectivity index (χ1n) is 6.07. The summed E-state index contributed by atoms with van der Waals surface area (Å²) in [6, 6.07) is 8.33. The van der Waals surface area contributed by atoms with Gasteiger partial charge in [0.25, 0.3) is 0 Å². The highest BCUT2D eigenvalue weighted by atomic mass is 35.5. The number of ether oxygens (including phenoxy) is 1. The number of allylic oxidation sites excluding steroid dienone is 4. The Hall–Kier alpha value is -1.47. The first-order chi connectivity index (χ1) is 8.65. The minimum atomic E-state index is 0.255. The van der Waals surface area contributed by atoms with Gasteiger partial charge >= 0.3 is 0 Å². The third-order valence-corrected chi connectivity index (χ3v) is 3.39. The van der Waals surface area contributed by atoms with E-state index in [0.717, 1.165) is 5.57 Å². The first-order valence-corrected chi connectivity index (χ1v) is 6.45. The molecule has 0 amide bonds. The normalized spacial score (nSPS) is 19.4. The van der Waals surface area contributed by atoms with Crippen LogP contribution in [-0.4, -0.2) is 0 Å². The van der Waals surface area contributed by atoms with Gasteiger partial charge in [-0.25, -0.2) is 0 Å². The van der Waals surface area contributed by atoms with E-state index in [1.807, 2.05) is 19.1 Å². The Morgan fingerprint density at radius 1 is 1.44 bits per heavy atom. The molecule has 1 nitrogen and oxygen atoms in total. The van der Waals surface area contributed by atoms with Gasteiger partial charge in [0.15, 0.2) is 0 Å². The summed E-state index contributed by atoms with van der Waals surface area (Å²) in [5, 5.41) is 0.461. The predicted molar refractivity (Wildman–Crippen MR) is 76.5 cm³/mol. The molecule has 0 spiro atoms. The lowest BCUT2D eigenvalue weighted by Gasteiger charge is -2.15. The highest BCUT2D eigenvalue weighted by Gasteiger charge is 2.22. The van der Waals surface area contributed by atoms with Crippen LogP contribution in [0.5, 0.6) is 0 Å². The number of benzene rings is 1. The van der Waals surface area contributed by atoms with Crippen molar-refractivity contribution in [3.8, 4) is 0 Å². The Labute approximate surface area is 113 Å². The van der Waals surface area contributed by atoms with E-state index in [0.29, 0.717) is 17.4 Å². The van der Waals surface area contributed by atoms with Gasteiger partial charge in [-0.15, -0.1) is 0 Å². The quantitative estimate of drug-likeness (QED) is 0.735. The summed E-state index contributed by atoms with van der Waals surface area (Å²) in [5.74, 6) is 0.962. The number of fused-ring (bicyclic) bond motifs is 1. The van der Waals surface area contributed by atoms with Crippen LogP contribution in [0.25, 0.3) is 0 Å². The maximum absolute atomic E-state index is 6.06. The maximum atomic E-state index is 6.06. The smallest absolute Gasteiger partial charge is 0.141 e. The van der Waals surface area contributed by atoms with E-state index < -0.39 is 0 Å². The van der Waals surface area contributed by atoms with E-state index >= 15 is 0 Å². The molecular formula is C16H17ClO. The van der Waals surface area contributed by atoms with E-state index in [4.69, 9.17) is 16.3 Å². The molecule has 0 N–H and O–H groups in total. The van der Waals surface area contributed by atoms with E-state index in [9.17, 15) is 0 Å². The van der Waals surface area contributed by atoms with E-state index in [2.05, 4.69) is 37.8 Å². The Morgan fingerprint density at radius 3 is 2.83 bits per heavy atom. The molecule has 0 radical (unpaired) electrons. The van der Waals surface area contributed by atoms with Crippen LogP contribution >= 0.6 is 11.6 Å². The molecule has 0 saturated carbocycles. The minimum absolute atomic E-state index is 0.255. The molecule has 2 heteroatoms. The van der Waals surface area contributed by atoms with Crippen molar-refractivity contribution < 1.29 is 4.74 Å². The maximum Gasteiger partial charge on any atom is 0.141 e. The van der Waals surface area contributed by atoms with E-state index in [1.54, 1.807) is 0 Å². The Bertz CT molecular complexity index is 526. The van der Waals surface area contributed by atoms with Gasteiger partial charge in [-0.3, -0.25) is 0 Å². The number of hydrogen-bond donors (Lipinski definition) is 0. The largest absolute Gasteiger partial charge is 0.487 e. The molecule has 1 unspecified atom stereocenters. The third-order valence-electron chi connectivity index (χ3n) is 3.21. The van der Waals surface area contributed by atoms with Crippen molar-refractivity contribution in [2.45, 2.75) is 26.4 Å². The first kappa shape index (κ1) is 13.0. The summed E-state index contributed by atoms with van der Waals surface area (Å²) in [5.41, 5.74) is 3.58. The average molecular weight is 261 g/mol. The molecule has 0 bridgehead atoms. The summed E-state index contributed by atoms with van der Waals surface area (Å²) in [7, 11) is 0. The van der Waals surface area contributed by atoms with Crippen molar-refractivity contribution in [1.29, 1.82) is 0 Å². The van der Waals surface area contributed by atoms with Crippen LogP contribution in [0.3, 0.4) is 0 Å². The molecule has 1 aliphatic rings. The summed E-state index contributed by atoms with van der Waals surface area (Å²) < 4.78 is 5.82. The molecule has 1 aromatic carbocycles. The SMILES string of the molecule is C=C(Cl)C1=C(/C=C\C)C(C)c2ccccc2CO1. The fourth-order valence-corrected chi connectivity index (χ4v) is 2.48. The van der Waals surface area contributed by atoms with Crippen molar-refractivity contribution >= 4 is 11.6 Å². The summed E-state index contributed by atoms with van der Waals surface area (Å²) >= 11 is 6.06. The van der Waals surface area contributed by atoms with Crippen LogP contribution in [0.4, 0.5) is 0 Å². The Kier molecular flexibility index (Phi) is 3.93. The Morgan fingerprint density at radius 2 is 2.17 bits per heavy atom. The predicted octanol–water partition coefficient (Wildman–Crippen LogP) is 4.90. The number of rotatable bonds is 2. The van der Waals surface area contributed by atoms with Crippen molar-refractivity contribution in [2.24, 2.45) is 0 Å². The van der Waals surface area contributed by atoms with Crippen LogP contribution in [0.15, 0.2) is 59.4 Å². The fourth-order valence-electron chi connectivity index (χ4n) is 2.32. The summed E-state index contributed by atoms with van der Waals surface area (Å²) in [4.78, 5) is 0. The topological polar surface area (TPSA) is 9.23 Å². The van der Waals surface area contributed by atoms with Crippen LogP contribution in [0.2, 0.25) is 0 Å². The number of halogens is 1. The lowest BCUT2D eigenvalue weighted by molar-refractivity contribution is 0.209. The number of hydrogen-bond acceptors (Lipinski definition) is 1. The second-order valence-electron chi connectivity index (χ2n) is 4.40. The highest BCUT2D eigenvalue weighted by molar-refractivity contribution is 6.31. The molecule has 94 valence electrons. The lowest BCUT2D eigenvalue weighted by Crippen LogP contribution is -1.99. The summed E-state index contributed by atoms with van der Waals surface area (Å²) in [6.45, 7) is 8.50. The molecule has 1 aliphatic heterocycles. The average Bonchev–Trinajstić information content (AvgIpc) is 2.49. The van der Waals surface area contributed by atoms with Crippen LogP contribution < -0.4 is 0 Å². The van der Waals surface area contributed by atoms with Gasteiger partial charge in [0.2, 0.25) is 0 Å². The molecule has 0 saturated heterocycles. The summed E-state index contributed by atoms with van der Waals surface area (Å²) in [6.07, 6.45) is 4.05. The van der Waals surface area contributed by atoms with Crippen molar-refractivity contribution in [3.63, 3.8) is 0 Å². The van der Waals surface area contributed by atoms with Crippen molar-refractivity contribution in [3.05, 3.63) is 70.5 Å². The van der Waals surface area contributed by atoms with E-state index in [-0.39, 0.29) is 5.92 Å². The zero-order valence-corrected chi connectivity index (χ0v) is 11.5. The van der Waals surface area contributed by atoms with Crippen molar-refractivity contribution in [2.75, 3.05) is 0 Å². The standard InChI is InChI=1S/C16H17ClO/c1-4-7-15-11(2)14-9-6-5-8-13(14)10-18-16(15)12(3)17/h4-9,11H,3,10H2,1-2H3/b7-4-. The van der Waals surface area contributed by atoms with Crippen molar-refractivity contribution in [1.82, 2.24) is 0 Å². The molecule has 0 aromatic heterocycles. The van der Waals surface area contributed by atoms with Gasteiger partial charge in [-0.2, -0.15) is 0 Å². The second kappa shape index (κ2) is 5.45. The molecule has 2 rings (SSSR count). The van der Waals surface area contributed by atoms with Gasteiger partial charge in [0.05, 0.1) is 5.03 Å². The third kappa shape index (κ3) is 2.37. The molecule has 1 aromatic rings. The molecule has 18 heavy (non-hydrogen) atoms. The zero-order valence-electron chi connectivity index (χ0n) is 10.7. The van der Waals surface area contributed by atoms with Gasteiger partial charge < -0.3 is 4.74 Å². The Balaban J connectivity index is 2.56. The molecule has 1 atom stereocenters. The van der Waals surface area contributed by atoms with Crippen LogP contribution in [0.1, 0.15) is 30.9 Å². The fraction of sp³-hybridized carbons (Fsp3) is 0.250. The lowest BCUT2D eigenvalue weighted by atomic mass is 9.89. The molecule has 1 heterocycles. The minimum Gasteiger partial charge on any atom is -0.487 e. The van der Waals surface area contributed by atoms with Crippen LogP contribution in [0, 0.1) is 0 Å². The zero-order chi connectivity index (χ0) is 13.1. The molecule has 0 fully saturated rings. The van der Waals surface area contributed by atoms with Gasteiger partial charge in [-0.05, 0) is 18.1 Å².